The van der Waals surface area contributed by atoms with E-state index in [4.69, 9.17) is 4.74 Å². The van der Waals surface area contributed by atoms with Gasteiger partial charge in [0, 0.05) is 29.9 Å². The van der Waals surface area contributed by atoms with Crippen molar-refractivity contribution in [2.45, 2.75) is 38.8 Å². The van der Waals surface area contributed by atoms with E-state index >= 15 is 0 Å². The van der Waals surface area contributed by atoms with Gasteiger partial charge in [0.1, 0.15) is 0 Å². The predicted molar refractivity (Wildman–Crippen MR) is 88.0 cm³/mol. The van der Waals surface area contributed by atoms with Gasteiger partial charge in [-0.2, -0.15) is 0 Å². The van der Waals surface area contributed by atoms with Crippen molar-refractivity contribution in [1.82, 2.24) is 15.2 Å². The van der Waals surface area contributed by atoms with Gasteiger partial charge in [-0.3, -0.25) is 0 Å². The van der Waals surface area contributed by atoms with Crippen molar-refractivity contribution in [3.63, 3.8) is 0 Å². The average Bonchev–Trinajstić information content (AvgIpc) is 2.80. The molecule has 0 bridgehead atoms. The van der Waals surface area contributed by atoms with Crippen LogP contribution in [-0.2, 0) is 11.2 Å². The van der Waals surface area contributed by atoms with Gasteiger partial charge < -0.3 is 20.1 Å². The van der Waals surface area contributed by atoms with Gasteiger partial charge >= 0.3 is 0 Å². The number of hydrogen-bond donors (Lipinski definition) is 2. The topological polar surface area (TPSA) is 57.6 Å². The maximum Gasteiger partial charge on any atom is 0.0897 e. The van der Waals surface area contributed by atoms with Gasteiger partial charge in [-0.15, -0.1) is 11.3 Å². The number of aryl methyl sites for hydroxylation is 1. The van der Waals surface area contributed by atoms with Crippen LogP contribution in [0, 0.1) is 6.92 Å². The fraction of sp³-hybridized carbons (Fsp3) is 0.800. The third-order valence-electron chi connectivity index (χ3n) is 3.78. The van der Waals surface area contributed by atoms with Crippen molar-refractivity contribution in [3.8, 4) is 0 Å². The first-order valence-electron chi connectivity index (χ1n) is 7.36. The van der Waals surface area contributed by atoms with E-state index in [1.54, 1.807) is 11.3 Å². The van der Waals surface area contributed by atoms with Crippen LogP contribution in [0.3, 0.4) is 0 Å². The van der Waals surface area contributed by atoms with Crippen LogP contribution in [0.5, 0.6) is 0 Å². The smallest absolute Gasteiger partial charge is 0.0897 e. The number of aliphatic hydroxyl groups is 1. The van der Waals surface area contributed by atoms with E-state index in [9.17, 15) is 5.11 Å². The molecule has 0 amide bonds. The van der Waals surface area contributed by atoms with Gasteiger partial charge in [-0.1, -0.05) is 0 Å². The van der Waals surface area contributed by atoms with Gasteiger partial charge in [0.05, 0.1) is 30.5 Å². The first-order chi connectivity index (χ1) is 9.83. The third kappa shape index (κ3) is 6.84. The highest BCUT2D eigenvalue weighted by Gasteiger charge is 2.19. The Labute approximate surface area is 132 Å². The molecular formula is C15H29N3O2S. The molecule has 2 N–H and O–H groups in total. The lowest BCUT2D eigenvalue weighted by Crippen LogP contribution is -2.48. The predicted octanol–water partition coefficient (Wildman–Crippen LogP) is 1.30. The Morgan fingerprint density at radius 3 is 2.76 bits per heavy atom. The lowest BCUT2D eigenvalue weighted by atomic mass is 10.0. The van der Waals surface area contributed by atoms with Crippen LogP contribution in [0.15, 0.2) is 5.51 Å². The number of nitrogens with zero attached hydrogens (tertiary/aromatic N) is 2. The Bertz CT molecular complexity index is 407. The van der Waals surface area contributed by atoms with Crippen LogP contribution >= 0.6 is 11.3 Å². The Morgan fingerprint density at radius 2 is 2.19 bits per heavy atom. The summed E-state index contributed by atoms with van der Waals surface area (Å²) in [5, 5.41) is 13.2. The van der Waals surface area contributed by atoms with E-state index in [1.807, 2.05) is 12.4 Å². The fourth-order valence-corrected chi connectivity index (χ4v) is 2.47. The Kier molecular flexibility index (Phi) is 7.76. The molecule has 1 aromatic rings. The quantitative estimate of drug-likeness (QED) is 0.638. The number of aromatic nitrogens is 1. The highest BCUT2D eigenvalue weighted by molar-refractivity contribution is 7.09. The molecule has 21 heavy (non-hydrogen) atoms. The summed E-state index contributed by atoms with van der Waals surface area (Å²) >= 11 is 1.66. The maximum absolute atomic E-state index is 9.89. The van der Waals surface area contributed by atoms with Gasteiger partial charge in [-0.25, -0.2) is 4.98 Å². The first kappa shape index (κ1) is 18.5. The molecule has 0 saturated heterocycles. The van der Waals surface area contributed by atoms with Crippen molar-refractivity contribution >= 4 is 11.3 Å². The van der Waals surface area contributed by atoms with Gasteiger partial charge in [0.25, 0.3) is 0 Å². The maximum atomic E-state index is 9.89. The average molecular weight is 315 g/mol. The second-order valence-electron chi connectivity index (χ2n) is 6.18. The van der Waals surface area contributed by atoms with Gasteiger partial charge in [0.15, 0.2) is 0 Å². The Hall–Kier alpha value is -0.530. The third-order valence-corrected chi connectivity index (χ3v) is 4.77. The zero-order valence-corrected chi connectivity index (χ0v) is 14.7. The fourth-order valence-electron chi connectivity index (χ4n) is 1.71. The highest BCUT2D eigenvalue weighted by Crippen LogP contribution is 2.12. The molecule has 1 rings (SSSR count). The number of nitrogens with one attached hydrogen (secondary N) is 1. The second kappa shape index (κ2) is 8.80. The molecule has 0 spiro atoms. The number of thiazole rings is 1. The van der Waals surface area contributed by atoms with Crippen LogP contribution in [0.4, 0.5) is 0 Å². The van der Waals surface area contributed by atoms with E-state index in [0.717, 1.165) is 18.7 Å². The molecule has 1 unspecified atom stereocenters. The summed E-state index contributed by atoms with van der Waals surface area (Å²) in [6, 6.07) is 0. The van der Waals surface area contributed by atoms with Crippen LogP contribution in [0.1, 0.15) is 24.4 Å². The first-order valence-corrected chi connectivity index (χ1v) is 8.24. The number of hydrogen-bond acceptors (Lipinski definition) is 6. The normalized spacial score (nSPS) is 13.9. The minimum atomic E-state index is -0.467. The standard InChI is InChI=1S/C15H29N3O2S/c1-12-14(21-11-17-12)6-7-20-9-13(19)8-16-10-15(2,3)18(4)5/h11,13,16,19H,6-10H2,1-5H3. The molecule has 1 heterocycles. The molecule has 0 aliphatic rings. The van der Waals surface area contributed by atoms with Crippen molar-refractivity contribution in [1.29, 1.82) is 0 Å². The molecule has 122 valence electrons. The molecule has 6 heteroatoms. The largest absolute Gasteiger partial charge is 0.389 e. The monoisotopic (exact) mass is 315 g/mol. The number of ether oxygens (including phenoxy) is 1. The van der Waals surface area contributed by atoms with Gasteiger partial charge in [-0.05, 0) is 34.9 Å². The lowest BCUT2D eigenvalue weighted by Gasteiger charge is -2.33. The van der Waals surface area contributed by atoms with E-state index in [1.165, 1.54) is 4.88 Å². The van der Waals surface area contributed by atoms with Crippen LogP contribution in [0.25, 0.3) is 0 Å². The summed E-state index contributed by atoms with van der Waals surface area (Å²) in [6.07, 6.45) is 0.398. The summed E-state index contributed by atoms with van der Waals surface area (Å²) in [6.45, 7) is 8.72. The minimum Gasteiger partial charge on any atom is -0.389 e. The molecule has 0 radical (unpaired) electrons. The second-order valence-corrected chi connectivity index (χ2v) is 7.12. The van der Waals surface area contributed by atoms with Gasteiger partial charge in [0.2, 0.25) is 0 Å². The highest BCUT2D eigenvalue weighted by atomic mass is 32.1. The number of likely N-dealkylation sites (N-methyl/N-ethyl adjacent to an activating group) is 1. The number of rotatable bonds is 10. The molecule has 1 aromatic heterocycles. The zero-order valence-electron chi connectivity index (χ0n) is 13.8. The summed E-state index contributed by atoms with van der Waals surface area (Å²) < 4.78 is 5.53. The minimum absolute atomic E-state index is 0.0737. The Balaban J connectivity index is 2.09. The summed E-state index contributed by atoms with van der Waals surface area (Å²) in [7, 11) is 4.12. The molecule has 0 aromatic carbocycles. The van der Waals surface area contributed by atoms with Crippen molar-refractivity contribution < 1.29 is 9.84 Å². The van der Waals surface area contributed by atoms with Crippen molar-refractivity contribution in [2.24, 2.45) is 0 Å². The van der Waals surface area contributed by atoms with E-state index in [0.29, 0.717) is 19.8 Å². The summed E-state index contributed by atoms with van der Waals surface area (Å²) in [5.41, 5.74) is 3.01. The van der Waals surface area contributed by atoms with Crippen LogP contribution in [-0.4, -0.2) is 67.0 Å². The van der Waals surface area contributed by atoms with E-state index in [-0.39, 0.29) is 5.54 Å². The molecule has 0 aliphatic carbocycles. The zero-order chi connectivity index (χ0) is 15.9. The van der Waals surface area contributed by atoms with Crippen molar-refractivity contribution in [2.75, 3.05) is 40.4 Å². The van der Waals surface area contributed by atoms with E-state index < -0.39 is 6.10 Å². The molecule has 0 aliphatic heterocycles. The molecule has 0 fully saturated rings. The summed E-state index contributed by atoms with van der Waals surface area (Å²) in [4.78, 5) is 7.63. The molecule has 5 nitrogen and oxygen atoms in total. The summed E-state index contributed by atoms with van der Waals surface area (Å²) in [5.74, 6) is 0. The van der Waals surface area contributed by atoms with Crippen LogP contribution < -0.4 is 5.32 Å². The number of aliphatic hydroxyl groups excluding tert-OH is 1. The SMILES string of the molecule is Cc1ncsc1CCOCC(O)CNCC(C)(C)N(C)C. The van der Waals surface area contributed by atoms with Crippen LogP contribution in [0.2, 0.25) is 0 Å². The van der Waals surface area contributed by atoms with E-state index in [2.05, 4.69) is 43.1 Å². The lowest BCUT2D eigenvalue weighted by molar-refractivity contribution is 0.0367. The molecular weight excluding hydrogens is 286 g/mol. The molecule has 0 saturated carbocycles. The van der Waals surface area contributed by atoms with Crippen molar-refractivity contribution in [3.05, 3.63) is 16.1 Å². The molecule has 1 atom stereocenters. The Morgan fingerprint density at radius 1 is 1.48 bits per heavy atom.